The summed E-state index contributed by atoms with van der Waals surface area (Å²) in [4.78, 5) is 9.07. The first-order valence-electron chi connectivity index (χ1n) is 7.80. The van der Waals surface area contributed by atoms with E-state index in [4.69, 9.17) is 5.73 Å². The van der Waals surface area contributed by atoms with Crippen LogP contribution in [0.15, 0.2) is 84.4 Å². The Hall–Kier alpha value is -3.20. The lowest BCUT2D eigenvalue weighted by Crippen LogP contribution is -1.96. The zero-order valence-corrected chi connectivity index (χ0v) is 13.4. The number of aromatic nitrogens is 1. The van der Waals surface area contributed by atoms with Crippen molar-refractivity contribution in [1.29, 1.82) is 0 Å². The molecule has 0 spiro atoms. The number of nitrogens with two attached hydrogens (primary N) is 1. The molecule has 0 saturated heterocycles. The number of aliphatic imine (C=N–C) groups is 1. The molecule has 0 amide bonds. The van der Waals surface area contributed by atoms with Gasteiger partial charge in [0.25, 0.3) is 0 Å². The normalized spacial score (nSPS) is 10.8. The van der Waals surface area contributed by atoms with Crippen LogP contribution in [0, 0.1) is 0 Å². The molecule has 0 aliphatic heterocycles. The summed E-state index contributed by atoms with van der Waals surface area (Å²) in [7, 11) is 0. The van der Waals surface area contributed by atoms with Gasteiger partial charge >= 0.3 is 0 Å². The first kappa shape index (κ1) is 15.7. The second-order valence-electron chi connectivity index (χ2n) is 5.51. The quantitative estimate of drug-likeness (QED) is 0.562. The Kier molecular flexibility index (Phi) is 4.82. The molecular weight excluding hydrogens is 294 g/mol. The van der Waals surface area contributed by atoms with E-state index in [0.717, 1.165) is 23.4 Å². The number of rotatable bonds is 5. The summed E-state index contributed by atoms with van der Waals surface area (Å²) in [6, 6.07) is 23.8. The molecule has 1 aromatic heterocycles. The van der Waals surface area contributed by atoms with Crippen molar-refractivity contribution in [2.45, 2.75) is 6.42 Å². The fourth-order valence-corrected chi connectivity index (χ4v) is 2.39. The zero-order chi connectivity index (χ0) is 16.8. The minimum atomic E-state index is 0.619. The van der Waals surface area contributed by atoms with Crippen molar-refractivity contribution in [3.8, 4) is 0 Å². The Morgan fingerprint density at radius 1 is 0.958 bits per heavy atom. The van der Waals surface area contributed by atoms with E-state index in [0.29, 0.717) is 11.4 Å². The molecule has 3 heteroatoms. The number of benzene rings is 2. The Morgan fingerprint density at radius 3 is 2.50 bits per heavy atom. The third kappa shape index (κ3) is 3.96. The van der Waals surface area contributed by atoms with Crippen LogP contribution in [-0.2, 0) is 6.42 Å². The smallest absolute Gasteiger partial charge is 0.0883 e. The monoisotopic (exact) mass is 313 g/mol. The lowest BCUT2D eigenvalue weighted by Gasteiger charge is -2.05. The van der Waals surface area contributed by atoms with E-state index in [1.807, 2.05) is 60.7 Å². The summed E-state index contributed by atoms with van der Waals surface area (Å²) in [6.45, 7) is 4.02. The number of hydrogen-bond acceptors (Lipinski definition) is 3. The van der Waals surface area contributed by atoms with Crippen molar-refractivity contribution < 1.29 is 0 Å². The SMILES string of the molecule is C=C(/N=C\c1ccccc1N)c1cccc(Cc2ccccc2)n1. The fourth-order valence-electron chi connectivity index (χ4n) is 2.39. The van der Waals surface area contributed by atoms with Crippen molar-refractivity contribution in [2.24, 2.45) is 4.99 Å². The largest absolute Gasteiger partial charge is 0.398 e. The molecule has 1 heterocycles. The summed E-state index contributed by atoms with van der Waals surface area (Å²) < 4.78 is 0. The molecule has 3 nitrogen and oxygen atoms in total. The molecule has 2 aromatic carbocycles. The van der Waals surface area contributed by atoms with Gasteiger partial charge in [0, 0.05) is 29.6 Å². The number of pyridine rings is 1. The Labute approximate surface area is 142 Å². The molecule has 3 rings (SSSR count). The maximum absolute atomic E-state index is 5.92. The van der Waals surface area contributed by atoms with Gasteiger partial charge in [0.2, 0.25) is 0 Å². The lowest BCUT2D eigenvalue weighted by atomic mass is 10.1. The van der Waals surface area contributed by atoms with Gasteiger partial charge in [-0.15, -0.1) is 0 Å². The van der Waals surface area contributed by atoms with Gasteiger partial charge in [-0.25, -0.2) is 0 Å². The van der Waals surface area contributed by atoms with E-state index in [9.17, 15) is 0 Å². The molecule has 3 aromatic rings. The highest BCUT2D eigenvalue weighted by Crippen LogP contribution is 2.15. The molecule has 0 bridgehead atoms. The lowest BCUT2D eigenvalue weighted by molar-refractivity contribution is 1.06. The summed E-state index contributed by atoms with van der Waals surface area (Å²) >= 11 is 0. The molecule has 2 N–H and O–H groups in total. The average molecular weight is 313 g/mol. The van der Waals surface area contributed by atoms with E-state index in [1.165, 1.54) is 5.56 Å². The molecule has 0 aliphatic rings. The van der Waals surface area contributed by atoms with Gasteiger partial charge in [-0.3, -0.25) is 9.98 Å². The van der Waals surface area contributed by atoms with Gasteiger partial charge in [-0.1, -0.05) is 61.2 Å². The fraction of sp³-hybridized carbons (Fsp3) is 0.0476. The number of anilines is 1. The molecule has 0 fully saturated rings. The zero-order valence-electron chi connectivity index (χ0n) is 13.4. The molecule has 0 atom stereocenters. The van der Waals surface area contributed by atoms with Crippen molar-refractivity contribution in [3.05, 3.63) is 102 Å². The number of para-hydroxylation sites is 1. The van der Waals surface area contributed by atoms with Crippen LogP contribution >= 0.6 is 0 Å². The number of nitrogens with zero attached hydrogens (tertiary/aromatic N) is 2. The highest BCUT2D eigenvalue weighted by molar-refractivity contribution is 5.89. The van der Waals surface area contributed by atoms with Gasteiger partial charge in [-0.2, -0.15) is 0 Å². The van der Waals surface area contributed by atoms with Gasteiger partial charge < -0.3 is 5.73 Å². The van der Waals surface area contributed by atoms with Crippen LogP contribution < -0.4 is 5.73 Å². The van der Waals surface area contributed by atoms with Crippen LogP contribution in [0.25, 0.3) is 5.70 Å². The predicted molar refractivity (Wildman–Crippen MR) is 101 cm³/mol. The van der Waals surface area contributed by atoms with Gasteiger partial charge in [0.05, 0.1) is 11.4 Å². The maximum Gasteiger partial charge on any atom is 0.0883 e. The summed E-state index contributed by atoms with van der Waals surface area (Å²) in [5, 5.41) is 0. The molecular formula is C21H19N3. The van der Waals surface area contributed by atoms with E-state index in [1.54, 1.807) is 6.21 Å². The maximum atomic E-state index is 5.92. The van der Waals surface area contributed by atoms with Crippen LogP contribution in [0.2, 0.25) is 0 Å². The highest BCUT2D eigenvalue weighted by Gasteiger charge is 2.02. The standard InChI is InChI=1S/C21H19N3/c1-16(23-15-18-10-5-6-12-20(18)22)21-13-7-11-19(24-21)14-17-8-3-2-4-9-17/h2-13,15H,1,14,22H2/b23-15-. The molecule has 0 aliphatic carbocycles. The molecule has 118 valence electrons. The van der Waals surface area contributed by atoms with E-state index in [2.05, 4.69) is 28.7 Å². The molecule has 0 radical (unpaired) electrons. The van der Waals surface area contributed by atoms with Crippen molar-refractivity contribution in [2.75, 3.05) is 5.73 Å². The number of nitrogen functional groups attached to an aromatic ring is 1. The number of hydrogen-bond donors (Lipinski definition) is 1. The Balaban J connectivity index is 1.76. The van der Waals surface area contributed by atoms with Crippen LogP contribution in [-0.4, -0.2) is 11.2 Å². The first-order valence-corrected chi connectivity index (χ1v) is 7.80. The van der Waals surface area contributed by atoms with Gasteiger partial charge in [0.15, 0.2) is 0 Å². The van der Waals surface area contributed by atoms with Gasteiger partial charge in [0.1, 0.15) is 0 Å². The minimum absolute atomic E-state index is 0.619. The van der Waals surface area contributed by atoms with Crippen molar-refractivity contribution in [1.82, 2.24) is 4.98 Å². The van der Waals surface area contributed by atoms with Gasteiger partial charge in [-0.05, 0) is 23.8 Å². The second kappa shape index (κ2) is 7.38. The summed E-state index contributed by atoms with van der Waals surface area (Å²) in [5.74, 6) is 0. The van der Waals surface area contributed by atoms with Crippen LogP contribution in [0.5, 0.6) is 0 Å². The second-order valence-corrected chi connectivity index (χ2v) is 5.51. The van der Waals surface area contributed by atoms with E-state index in [-0.39, 0.29) is 0 Å². The van der Waals surface area contributed by atoms with Crippen LogP contribution in [0.4, 0.5) is 5.69 Å². The van der Waals surface area contributed by atoms with Crippen molar-refractivity contribution in [3.63, 3.8) is 0 Å². The Bertz CT molecular complexity index is 867. The minimum Gasteiger partial charge on any atom is -0.398 e. The van der Waals surface area contributed by atoms with Crippen molar-refractivity contribution >= 4 is 17.6 Å². The highest BCUT2D eigenvalue weighted by atomic mass is 14.8. The molecule has 0 saturated carbocycles. The molecule has 24 heavy (non-hydrogen) atoms. The van der Waals surface area contributed by atoms with Crippen LogP contribution in [0.3, 0.4) is 0 Å². The van der Waals surface area contributed by atoms with E-state index >= 15 is 0 Å². The summed E-state index contributed by atoms with van der Waals surface area (Å²) in [5.41, 5.74) is 11.1. The molecule has 0 unspecified atom stereocenters. The third-order valence-corrected chi connectivity index (χ3v) is 3.69. The predicted octanol–water partition coefficient (Wildman–Crippen LogP) is 4.34. The average Bonchev–Trinajstić information content (AvgIpc) is 2.62. The van der Waals surface area contributed by atoms with Crippen LogP contribution in [0.1, 0.15) is 22.5 Å². The third-order valence-electron chi connectivity index (χ3n) is 3.69. The Morgan fingerprint density at radius 2 is 1.71 bits per heavy atom. The van der Waals surface area contributed by atoms with E-state index < -0.39 is 0 Å². The summed E-state index contributed by atoms with van der Waals surface area (Å²) in [6.07, 6.45) is 2.51. The first-order chi connectivity index (χ1) is 11.7. The topological polar surface area (TPSA) is 51.3 Å².